The van der Waals surface area contributed by atoms with Crippen LogP contribution in [0.25, 0.3) is 0 Å². The number of rotatable bonds is 8. The first-order chi connectivity index (χ1) is 12.9. The molecule has 2 aromatic carbocycles. The molecular formula is C21H27ClN3O2+. The van der Waals surface area contributed by atoms with Crippen LogP contribution in [0.1, 0.15) is 29.8 Å². The molecule has 0 aliphatic heterocycles. The van der Waals surface area contributed by atoms with Gasteiger partial charge in [-0.1, -0.05) is 23.7 Å². The van der Waals surface area contributed by atoms with Gasteiger partial charge in [-0.25, -0.2) is 0 Å². The van der Waals surface area contributed by atoms with Gasteiger partial charge in [-0.2, -0.15) is 0 Å². The highest BCUT2D eigenvalue weighted by Crippen LogP contribution is 2.12. The highest BCUT2D eigenvalue weighted by atomic mass is 35.5. The van der Waals surface area contributed by atoms with Crippen molar-refractivity contribution in [3.63, 3.8) is 0 Å². The van der Waals surface area contributed by atoms with E-state index in [4.69, 9.17) is 11.6 Å². The monoisotopic (exact) mass is 388 g/mol. The lowest BCUT2D eigenvalue weighted by molar-refractivity contribution is -0.885. The van der Waals surface area contributed by atoms with E-state index in [9.17, 15) is 9.59 Å². The van der Waals surface area contributed by atoms with Crippen molar-refractivity contribution in [3.8, 4) is 0 Å². The maximum absolute atomic E-state index is 12.3. The second-order valence-corrected chi connectivity index (χ2v) is 6.98. The summed E-state index contributed by atoms with van der Waals surface area (Å²) >= 11 is 6.00. The molecule has 0 spiro atoms. The van der Waals surface area contributed by atoms with Gasteiger partial charge in [0.25, 0.3) is 11.8 Å². The number of carbonyl (C=O) groups excluding carboxylic acids is 2. The Morgan fingerprint density at radius 1 is 1.07 bits per heavy atom. The Labute approximate surface area is 165 Å². The second-order valence-electron chi connectivity index (χ2n) is 6.54. The summed E-state index contributed by atoms with van der Waals surface area (Å²) in [6, 6.07) is 14.7. The summed E-state index contributed by atoms with van der Waals surface area (Å²) in [6.07, 6.45) is 0. The Hall–Kier alpha value is -2.37. The Bertz CT molecular complexity index is 773. The lowest BCUT2D eigenvalue weighted by atomic mass is 10.1. The van der Waals surface area contributed by atoms with Crippen LogP contribution in [0.5, 0.6) is 0 Å². The molecule has 0 aliphatic rings. The Kier molecular flexibility index (Phi) is 7.82. The van der Waals surface area contributed by atoms with Gasteiger partial charge in [0.05, 0.1) is 7.05 Å². The molecule has 0 aliphatic carbocycles. The molecule has 6 heteroatoms. The van der Waals surface area contributed by atoms with Gasteiger partial charge in [0.15, 0.2) is 6.54 Å². The third-order valence-corrected chi connectivity index (χ3v) is 4.56. The van der Waals surface area contributed by atoms with Crippen molar-refractivity contribution < 1.29 is 14.5 Å². The van der Waals surface area contributed by atoms with Gasteiger partial charge in [0, 0.05) is 34.9 Å². The fraction of sp³-hybridized carbons (Fsp3) is 0.333. The number of amides is 2. The SMILES string of the molecule is CCN(CC)C(=O)c1ccc(NC(=O)C[NH+](C)Cc2cccc(Cl)c2)cc1. The number of nitrogens with one attached hydrogen (secondary N) is 2. The first-order valence-corrected chi connectivity index (χ1v) is 9.55. The molecule has 0 bridgehead atoms. The number of hydrogen-bond donors (Lipinski definition) is 2. The van der Waals surface area contributed by atoms with Crippen LogP contribution in [0.2, 0.25) is 5.02 Å². The molecule has 0 saturated heterocycles. The van der Waals surface area contributed by atoms with Gasteiger partial charge in [-0.15, -0.1) is 0 Å². The zero-order valence-corrected chi connectivity index (χ0v) is 16.8. The number of halogens is 1. The fourth-order valence-corrected chi connectivity index (χ4v) is 3.14. The van der Waals surface area contributed by atoms with Gasteiger partial charge >= 0.3 is 0 Å². The predicted molar refractivity (Wildman–Crippen MR) is 109 cm³/mol. The number of hydrogen-bond acceptors (Lipinski definition) is 2. The molecule has 1 unspecified atom stereocenters. The van der Waals surface area contributed by atoms with Crippen LogP contribution < -0.4 is 10.2 Å². The van der Waals surface area contributed by atoms with Crippen molar-refractivity contribution in [1.82, 2.24) is 4.90 Å². The molecule has 27 heavy (non-hydrogen) atoms. The van der Waals surface area contributed by atoms with E-state index in [-0.39, 0.29) is 11.8 Å². The smallest absolute Gasteiger partial charge is 0.279 e. The summed E-state index contributed by atoms with van der Waals surface area (Å²) in [7, 11) is 1.96. The number of carbonyl (C=O) groups is 2. The van der Waals surface area contributed by atoms with E-state index in [0.717, 1.165) is 10.5 Å². The highest BCUT2D eigenvalue weighted by Gasteiger charge is 2.14. The summed E-state index contributed by atoms with van der Waals surface area (Å²) in [5, 5.41) is 3.58. The van der Waals surface area contributed by atoms with E-state index in [0.29, 0.717) is 42.5 Å². The first-order valence-electron chi connectivity index (χ1n) is 9.17. The Balaban J connectivity index is 1.89. The minimum atomic E-state index is -0.0719. The maximum Gasteiger partial charge on any atom is 0.279 e. The molecular weight excluding hydrogens is 362 g/mol. The molecule has 0 radical (unpaired) electrons. The van der Waals surface area contributed by atoms with E-state index < -0.39 is 0 Å². The van der Waals surface area contributed by atoms with Crippen molar-refractivity contribution >= 4 is 29.1 Å². The molecule has 2 aromatic rings. The van der Waals surface area contributed by atoms with Crippen LogP contribution in [0.3, 0.4) is 0 Å². The molecule has 0 fully saturated rings. The normalized spacial score (nSPS) is 11.7. The number of benzene rings is 2. The third-order valence-electron chi connectivity index (χ3n) is 4.32. The van der Waals surface area contributed by atoms with Gasteiger partial charge in [-0.05, 0) is 50.2 Å². The molecule has 144 valence electrons. The zero-order valence-electron chi connectivity index (χ0n) is 16.1. The van der Waals surface area contributed by atoms with Crippen molar-refractivity contribution in [2.24, 2.45) is 0 Å². The average molecular weight is 389 g/mol. The summed E-state index contributed by atoms with van der Waals surface area (Å²) in [5.41, 5.74) is 2.40. The van der Waals surface area contributed by atoms with E-state index in [1.807, 2.05) is 45.2 Å². The van der Waals surface area contributed by atoms with Gasteiger partial charge in [0.1, 0.15) is 6.54 Å². The van der Waals surface area contributed by atoms with Crippen LogP contribution >= 0.6 is 11.6 Å². The second kappa shape index (κ2) is 10.1. The molecule has 5 nitrogen and oxygen atoms in total. The quantitative estimate of drug-likeness (QED) is 0.730. The number of nitrogens with zero attached hydrogens (tertiary/aromatic N) is 1. The highest BCUT2D eigenvalue weighted by molar-refractivity contribution is 6.30. The lowest BCUT2D eigenvalue weighted by Crippen LogP contribution is -3.08. The molecule has 2 amide bonds. The molecule has 0 aromatic heterocycles. The van der Waals surface area contributed by atoms with Gasteiger partial charge in [0.2, 0.25) is 0 Å². The van der Waals surface area contributed by atoms with E-state index in [1.165, 1.54) is 0 Å². The van der Waals surface area contributed by atoms with Crippen molar-refractivity contribution in [2.45, 2.75) is 20.4 Å². The minimum absolute atomic E-state index is 0.00331. The van der Waals surface area contributed by atoms with Crippen molar-refractivity contribution in [3.05, 3.63) is 64.7 Å². The summed E-state index contributed by atoms with van der Waals surface area (Å²) in [5.74, 6) is -0.0686. The topological polar surface area (TPSA) is 53.9 Å². The number of anilines is 1. The van der Waals surface area contributed by atoms with Crippen LogP contribution in [0.15, 0.2) is 48.5 Å². The molecule has 2 rings (SSSR count). The maximum atomic E-state index is 12.3. The Morgan fingerprint density at radius 3 is 2.33 bits per heavy atom. The minimum Gasteiger partial charge on any atom is -0.339 e. The largest absolute Gasteiger partial charge is 0.339 e. The van der Waals surface area contributed by atoms with Gasteiger partial charge in [-0.3, -0.25) is 9.59 Å². The summed E-state index contributed by atoms with van der Waals surface area (Å²) < 4.78 is 0. The van der Waals surface area contributed by atoms with Crippen LogP contribution in [-0.4, -0.2) is 43.4 Å². The molecule has 2 N–H and O–H groups in total. The van der Waals surface area contributed by atoms with E-state index >= 15 is 0 Å². The standard InChI is InChI=1S/C21H26ClN3O2/c1-4-25(5-2)21(27)17-9-11-19(12-10-17)23-20(26)15-24(3)14-16-7-6-8-18(22)13-16/h6-13H,4-5,14-15H2,1-3H3,(H,23,26)/p+1. The number of quaternary nitrogens is 1. The van der Waals surface area contributed by atoms with E-state index in [2.05, 4.69) is 5.32 Å². The molecule has 1 atom stereocenters. The first kappa shape index (κ1) is 20.9. The average Bonchev–Trinajstić information content (AvgIpc) is 2.63. The predicted octanol–water partition coefficient (Wildman–Crippen LogP) is 2.48. The number of likely N-dealkylation sites (N-methyl/N-ethyl adjacent to an activating group) is 1. The molecule has 0 heterocycles. The summed E-state index contributed by atoms with van der Waals surface area (Å²) in [4.78, 5) is 27.4. The van der Waals surface area contributed by atoms with Gasteiger partial charge < -0.3 is 15.1 Å². The Morgan fingerprint density at radius 2 is 1.74 bits per heavy atom. The summed E-state index contributed by atoms with van der Waals surface area (Å²) in [6.45, 7) is 6.32. The van der Waals surface area contributed by atoms with Crippen molar-refractivity contribution in [1.29, 1.82) is 0 Å². The lowest BCUT2D eigenvalue weighted by Gasteiger charge is -2.18. The third kappa shape index (κ3) is 6.38. The van der Waals surface area contributed by atoms with E-state index in [1.54, 1.807) is 29.2 Å². The van der Waals surface area contributed by atoms with Crippen molar-refractivity contribution in [2.75, 3.05) is 32.0 Å². The molecule has 0 saturated carbocycles. The van der Waals surface area contributed by atoms with Crippen LogP contribution in [0.4, 0.5) is 5.69 Å². The van der Waals surface area contributed by atoms with Crippen LogP contribution in [-0.2, 0) is 11.3 Å². The van der Waals surface area contributed by atoms with Crippen LogP contribution in [0, 0.1) is 0 Å². The fourth-order valence-electron chi connectivity index (χ4n) is 2.93. The zero-order chi connectivity index (χ0) is 19.8.